The van der Waals surface area contributed by atoms with Crippen LogP contribution in [0.5, 0.6) is 0 Å². The normalized spacial score (nSPS) is 35.4. The molecular weight excluding hydrogens is 222 g/mol. The smallest absolute Gasteiger partial charge is 0.0926 e. The minimum Gasteiger partial charge on any atom is -0.373 e. The molecule has 0 aromatic heterocycles. The summed E-state index contributed by atoms with van der Waals surface area (Å²) < 4.78 is 6.11. The van der Waals surface area contributed by atoms with Crippen LogP contribution in [0.2, 0.25) is 0 Å². The van der Waals surface area contributed by atoms with Crippen LogP contribution in [0.15, 0.2) is 24.3 Å². The summed E-state index contributed by atoms with van der Waals surface area (Å²) in [5.41, 5.74) is 2.89. The minimum atomic E-state index is 0.0227. The molecule has 1 unspecified atom stereocenters. The summed E-state index contributed by atoms with van der Waals surface area (Å²) >= 11 is 0. The van der Waals surface area contributed by atoms with Crippen molar-refractivity contribution in [1.29, 1.82) is 0 Å². The van der Waals surface area contributed by atoms with Crippen LogP contribution >= 0.6 is 0 Å². The first-order chi connectivity index (χ1) is 8.74. The predicted molar refractivity (Wildman–Crippen MR) is 73.7 cm³/mol. The van der Waals surface area contributed by atoms with Crippen molar-refractivity contribution in [3.8, 4) is 0 Å². The second-order valence-corrected chi connectivity index (χ2v) is 5.77. The number of aryl methyl sites for hydroxylation is 1. The third-order valence-corrected chi connectivity index (χ3v) is 5.08. The van der Waals surface area contributed by atoms with Gasteiger partial charge >= 0.3 is 0 Å². The second kappa shape index (κ2) is 4.36. The van der Waals surface area contributed by atoms with Gasteiger partial charge in [0.25, 0.3) is 0 Å². The fraction of sp³-hybridized carbons (Fsp3) is 0.625. The van der Waals surface area contributed by atoms with Crippen LogP contribution in [0.4, 0.5) is 0 Å². The van der Waals surface area contributed by atoms with Crippen LogP contribution in [0.25, 0.3) is 0 Å². The van der Waals surface area contributed by atoms with Gasteiger partial charge in [-0.05, 0) is 37.9 Å². The molecule has 1 aromatic rings. The molecule has 1 N–H and O–H groups in total. The van der Waals surface area contributed by atoms with E-state index in [-0.39, 0.29) is 11.1 Å². The molecule has 2 fully saturated rings. The molecule has 1 saturated carbocycles. The van der Waals surface area contributed by atoms with Crippen molar-refractivity contribution in [1.82, 2.24) is 5.32 Å². The van der Waals surface area contributed by atoms with Crippen LogP contribution in [0.3, 0.4) is 0 Å². The Bertz CT molecular complexity index is 438. The number of rotatable bonds is 2. The topological polar surface area (TPSA) is 21.3 Å². The first-order valence-electron chi connectivity index (χ1n) is 7.13. The Hall–Kier alpha value is -0.860. The lowest BCUT2D eigenvalue weighted by atomic mass is 9.61. The molecule has 18 heavy (non-hydrogen) atoms. The van der Waals surface area contributed by atoms with Gasteiger partial charge in [-0.25, -0.2) is 0 Å². The third-order valence-electron chi connectivity index (χ3n) is 5.08. The third kappa shape index (κ3) is 1.49. The molecule has 3 rings (SSSR count). The molecule has 1 aromatic carbocycles. The van der Waals surface area contributed by atoms with E-state index in [0.29, 0.717) is 0 Å². The van der Waals surface area contributed by atoms with Gasteiger partial charge < -0.3 is 10.1 Å². The highest BCUT2D eigenvalue weighted by atomic mass is 16.5. The molecule has 2 nitrogen and oxygen atoms in total. The van der Waals surface area contributed by atoms with E-state index in [1.807, 2.05) is 0 Å². The Labute approximate surface area is 110 Å². The Morgan fingerprint density at radius 3 is 2.44 bits per heavy atom. The van der Waals surface area contributed by atoms with Gasteiger partial charge in [-0.1, -0.05) is 37.1 Å². The number of benzene rings is 1. The van der Waals surface area contributed by atoms with Gasteiger partial charge in [0.1, 0.15) is 0 Å². The molecule has 2 aliphatic rings. The molecule has 0 radical (unpaired) electrons. The Morgan fingerprint density at radius 1 is 1.11 bits per heavy atom. The van der Waals surface area contributed by atoms with Crippen molar-refractivity contribution in [3.05, 3.63) is 35.4 Å². The van der Waals surface area contributed by atoms with Crippen LogP contribution in [0, 0.1) is 6.92 Å². The summed E-state index contributed by atoms with van der Waals surface area (Å²) in [6, 6.07) is 8.78. The zero-order valence-corrected chi connectivity index (χ0v) is 11.5. The average molecular weight is 245 g/mol. The maximum absolute atomic E-state index is 6.11. The second-order valence-electron chi connectivity index (χ2n) is 5.77. The van der Waals surface area contributed by atoms with E-state index in [4.69, 9.17) is 4.74 Å². The summed E-state index contributed by atoms with van der Waals surface area (Å²) in [7, 11) is 2.10. The van der Waals surface area contributed by atoms with Crippen molar-refractivity contribution in [3.63, 3.8) is 0 Å². The lowest BCUT2D eigenvalue weighted by Gasteiger charge is -2.58. The number of hydrogen-bond donors (Lipinski definition) is 1. The highest BCUT2D eigenvalue weighted by molar-refractivity contribution is 5.37. The molecule has 1 aliphatic heterocycles. The number of nitrogens with one attached hydrogen (secondary N) is 1. The van der Waals surface area contributed by atoms with E-state index in [2.05, 4.69) is 43.6 Å². The van der Waals surface area contributed by atoms with E-state index in [1.54, 1.807) is 0 Å². The quantitative estimate of drug-likeness (QED) is 0.864. The van der Waals surface area contributed by atoms with E-state index in [1.165, 1.54) is 43.2 Å². The van der Waals surface area contributed by atoms with Crippen LogP contribution in [-0.4, -0.2) is 19.3 Å². The monoisotopic (exact) mass is 245 g/mol. The highest BCUT2D eigenvalue weighted by Crippen LogP contribution is 2.53. The maximum Gasteiger partial charge on any atom is 0.0926 e. The average Bonchev–Trinajstić information content (AvgIpc) is 2.37. The van der Waals surface area contributed by atoms with Gasteiger partial charge in [0.2, 0.25) is 0 Å². The summed E-state index contributed by atoms with van der Waals surface area (Å²) in [6.07, 6.45) is 6.17. The highest BCUT2D eigenvalue weighted by Gasteiger charge is 2.57. The SMILES string of the molecule is CN[C@@]1(c2ccccc2C)CCCCC12CCO2. The maximum atomic E-state index is 6.11. The predicted octanol–water partition coefficient (Wildman–Crippen LogP) is 3.14. The molecule has 1 saturated heterocycles. The zero-order valence-electron chi connectivity index (χ0n) is 11.5. The molecule has 1 spiro atoms. The van der Waals surface area contributed by atoms with E-state index in [0.717, 1.165) is 6.61 Å². The van der Waals surface area contributed by atoms with E-state index < -0.39 is 0 Å². The van der Waals surface area contributed by atoms with E-state index >= 15 is 0 Å². The van der Waals surface area contributed by atoms with Crippen LogP contribution < -0.4 is 5.32 Å². The van der Waals surface area contributed by atoms with Crippen molar-refractivity contribution in [2.75, 3.05) is 13.7 Å². The Morgan fingerprint density at radius 2 is 1.83 bits per heavy atom. The first-order valence-corrected chi connectivity index (χ1v) is 7.13. The van der Waals surface area contributed by atoms with Gasteiger partial charge in [-0.15, -0.1) is 0 Å². The zero-order chi connectivity index (χ0) is 12.6. The largest absolute Gasteiger partial charge is 0.373 e. The molecule has 0 bridgehead atoms. The van der Waals surface area contributed by atoms with Crippen molar-refractivity contribution < 1.29 is 4.74 Å². The molecule has 98 valence electrons. The fourth-order valence-corrected chi connectivity index (χ4v) is 4.04. The molecule has 1 heterocycles. The summed E-state index contributed by atoms with van der Waals surface area (Å²) in [6.45, 7) is 3.14. The minimum absolute atomic E-state index is 0.0227. The Kier molecular flexibility index (Phi) is 2.95. The summed E-state index contributed by atoms with van der Waals surface area (Å²) in [4.78, 5) is 0. The molecule has 2 heteroatoms. The van der Waals surface area contributed by atoms with Gasteiger partial charge in [0.05, 0.1) is 17.7 Å². The van der Waals surface area contributed by atoms with Gasteiger partial charge in [0, 0.05) is 6.42 Å². The lowest BCUT2D eigenvalue weighted by Crippen LogP contribution is -2.67. The van der Waals surface area contributed by atoms with Gasteiger partial charge in [-0.3, -0.25) is 0 Å². The van der Waals surface area contributed by atoms with E-state index in [9.17, 15) is 0 Å². The lowest BCUT2D eigenvalue weighted by molar-refractivity contribution is -0.217. The molecule has 2 atom stereocenters. The van der Waals surface area contributed by atoms with Crippen LogP contribution in [-0.2, 0) is 10.3 Å². The molecular formula is C16H23NO. The standard InChI is InChI=1S/C16H23NO/c1-13-7-3-4-8-14(13)16(17-2)10-6-5-9-15(16)11-12-18-15/h3-4,7-8,17H,5-6,9-12H2,1-2H3/t15?,16-/m1/s1. The van der Waals surface area contributed by atoms with Crippen molar-refractivity contribution >= 4 is 0 Å². The van der Waals surface area contributed by atoms with Gasteiger partial charge in [-0.2, -0.15) is 0 Å². The van der Waals surface area contributed by atoms with Crippen LogP contribution in [0.1, 0.15) is 43.2 Å². The number of likely N-dealkylation sites (N-methyl/N-ethyl adjacent to an activating group) is 1. The summed E-state index contributed by atoms with van der Waals surface area (Å²) in [5.74, 6) is 0. The molecule has 1 aliphatic carbocycles. The van der Waals surface area contributed by atoms with Crippen molar-refractivity contribution in [2.45, 2.75) is 50.2 Å². The molecule has 0 amide bonds. The first kappa shape index (κ1) is 12.2. The van der Waals surface area contributed by atoms with Gasteiger partial charge in [0.15, 0.2) is 0 Å². The number of ether oxygens (including phenoxy) is 1. The van der Waals surface area contributed by atoms with Crippen molar-refractivity contribution in [2.24, 2.45) is 0 Å². The Balaban J connectivity index is 2.10. The number of hydrogen-bond acceptors (Lipinski definition) is 2. The fourth-order valence-electron chi connectivity index (χ4n) is 4.04. The summed E-state index contributed by atoms with van der Waals surface area (Å²) in [5, 5.41) is 3.64.